The molecule has 5 heteroatoms. The Kier molecular flexibility index (Phi) is 2.18. The molecule has 1 saturated heterocycles. The van der Waals surface area contributed by atoms with Gasteiger partial charge in [-0.1, -0.05) is 0 Å². The van der Waals surface area contributed by atoms with Crippen LogP contribution in [0.5, 0.6) is 0 Å². The molecular weight excluding hydrogens is 204 g/mol. The fourth-order valence-corrected chi connectivity index (χ4v) is 2.07. The molecule has 3 N–H and O–H groups in total. The molecule has 16 heavy (non-hydrogen) atoms. The monoisotopic (exact) mass is 218 g/mol. The smallest absolute Gasteiger partial charge is 0.139 e. The van der Waals surface area contributed by atoms with Gasteiger partial charge in [-0.25, -0.2) is 4.98 Å². The Balaban J connectivity index is 2.05. The average molecular weight is 218 g/mol. The van der Waals surface area contributed by atoms with Crippen molar-refractivity contribution in [2.24, 2.45) is 0 Å². The summed E-state index contributed by atoms with van der Waals surface area (Å²) in [5.41, 5.74) is 8.51. The van der Waals surface area contributed by atoms with Crippen LogP contribution in [0, 0.1) is 0 Å². The van der Waals surface area contributed by atoms with Crippen molar-refractivity contribution in [2.45, 2.75) is 0 Å². The lowest BCUT2D eigenvalue weighted by molar-refractivity contribution is 0.123. The van der Waals surface area contributed by atoms with Crippen LogP contribution in [0.15, 0.2) is 18.5 Å². The molecule has 0 saturated carbocycles. The first-order valence-electron chi connectivity index (χ1n) is 5.40. The Morgan fingerprint density at radius 3 is 3.00 bits per heavy atom. The Hall–Kier alpha value is -1.75. The molecule has 0 aliphatic carbocycles. The van der Waals surface area contributed by atoms with Gasteiger partial charge in [0.25, 0.3) is 0 Å². The minimum atomic E-state index is 0.696. The Morgan fingerprint density at radius 2 is 2.19 bits per heavy atom. The van der Waals surface area contributed by atoms with E-state index in [0.29, 0.717) is 5.69 Å². The Labute approximate surface area is 93.2 Å². The molecule has 0 spiro atoms. The minimum absolute atomic E-state index is 0.696. The van der Waals surface area contributed by atoms with Gasteiger partial charge in [0.05, 0.1) is 30.8 Å². The van der Waals surface area contributed by atoms with Gasteiger partial charge in [0.2, 0.25) is 0 Å². The normalized spacial score (nSPS) is 16.9. The summed E-state index contributed by atoms with van der Waals surface area (Å²) in [5, 5.41) is 1.09. The first-order chi connectivity index (χ1) is 7.84. The zero-order valence-electron chi connectivity index (χ0n) is 8.94. The highest BCUT2D eigenvalue weighted by atomic mass is 16.5. The van der Waals surface area contributed by atoms with Crippen molar-refractivity contribution >= 4 is 22.4 Å². The van der Waals surface area contributed by atoms with Crippen molar-refractivity contribution < 1.29 is 4.74 Å². The van der Waals surface area contributed by atoms with Crippen LogP contribution in [0.25, 0.3) is 11.0 Å². The Morgan fingerprint density at radius 1 is 1.38 bits per heavy atom. The van der Waals surface area contributed by atoms with Gasteiger partial charge in [0.1, 0.15) is 5.65 Å². The van der Waals surface area contributed by atoms with Crippen LogP contribution in [-0.4, -0.2) is 36.3 Å². The van der Waals surface area contributed by atoms with Crippen LogP contribution in [0.2, 0.25) is 0 Å². The number of hydrogen-bond donors (Lipinski definition) is 2. The van der Waals surface area contributed by atoms with Crippen LogP contribution < -0.4 is 10.6 Å². The van der Waals surface area contributed by atoms with Crippen LogP contribution >= 0.6 is 0 Å². The van der Waals surface area contributed by atoms with E-state index in [9.17, 15) is 0 Å². The standard InChI is InChI=1S/C11H14N4O/c12-8-5-9-10(7-14-11(9)13-6-8)15-1-3-16-4-2-15/h5-7H,1-4,12H2,(H,13,14). The summed E-state index contributed by atoms with van der Waals surface area (Å²) in [6, 6.07) is 1.96. The highest BCUT2D eigenvalue weighted by molar-refractivity contribution is 5.92. The van der Waals surface area contributed by atoms with Crippen molar-refractivity contribution in [2.75, 3.05) is 36.9 Å². The molecular formula is C11H14N4O. The number of nitrogens with zero attached hydrogens (tertiary/aromatic N) is 2. The summed E-state index contributed by atoms with van der Waals surface area (Å²) in [7, 11) is 0. The molecule has 84 valence electrons. The first kappa shape index (κ1) is 9.47. The van der Waals surface area contributed by atoms with E-state index in [0.717, 1.165) is 43.0 Å². The number of nitrogens with one attached hydrogen (secondary N) is 1. The summed E-state index contributed by atoms with van der Waals surface area (Å²) in [4.78, 5) is 9.72. The van der Waals surface area contributed by atoms with Crippen LogP contribution in [-0.2, 0) is 4.74 Å². The lowest BCUT2D eigenvalue weighted by atomic mass is 10.2. The van der Waals surface area contributed by atoms with Gasteiger partial charge >= 0.3 is 0 Å². The second kappa shape index (κ2) is 3.68. The number of H-pyrrole nitrogens is 1. The number of aromatic nitrogens is 2. The molecule has 0 radical (unpaired) electrons. The number of fused-ring (bicyclic) bond motifs is 1. The van der Waals surface area contributed by atoms with Crippen LogP contribution in [0.3, 0.4) is 0 Å². The maximum Gasteiger partial charge on any atom is 0.139 e. The summed E-state index contributed by atoms with van der Waals surface area (Å²) in [5.74, 6) is 0. The number of anilines is 2. The quantitative estimate of drug-likeness (QED) is 0.748. The third-order valence-corrected chi connectivity index (χ3v) is 2.88. The number of ether oxygens (including phenoxy) is 1. The number of pyridine rings is 1. The third kappa shape index (κ3) is 1.49. The first-order valence-corrected chi connectivity index (χ1v) is 5.40. The fourth-order valence-electron chi connectivity index (χ4n) is 2.07. The number of hydrogen-bond acceptors (Lipinski definition) is 4. The number of morpholine rings is 1. The third-order valence-electron chi connectivity index (χ3n) is 2.88. The van der Waals surface area contributed by atoms with Crippen LogP contribution in [0.1, 0.15) is 0 Å². The average Bonchev–Trinajstić information content (AvgIpc) is 2.73. The summed E-state index contributed by atoms with van der Waals surface area (Å²) in [6.45, 7) is 3.40. The van der Waals surface area contributed by atoms with E-state index >= 15 is 0 Å². The van der Waals surface area contributed by atoms with Crippen molar-refractivity contribution in [3.8, 4) is 0 Å². The van der Waals surface area contributed by atoms with E-state index in [1.165, 1.54) is 0 Å². The zero-order valence-corrected chi connectivity index (χ0v) is 8.94. The van der Waals surface area contributed by atoms with Gasteiger partial charge < -0.3 is 20.4 Å². The predicted molar refractivity (Wildman–Crippen MR) is 63.5 cm³/mol. The Bertz CT molecular complexity index is 502. The van der Waals surface area contributed by atoms with Gasteiger partial charge in [-0.05, 0) is 6.07 Å². The highest BCUT2D eigenvalue weighted by Crippen LogP contribution is 2.27. The summed E-state index contributed by atoms with van der Waals surface area (Å²) < 4.78 is 5.34. The van der Waals surface area contributed by atoms with E-state index < -0.39 is 0 Å². The largest absolute Gasteiger partial charge is 0.397 e. The molecule has 1 aliphatic rings. The molecule has 3 heterocycles. The van der Waals surface area contributed by atoms with Crippen molar-refractivity contribution in [1.29, 1.82) is 0 Å². The molecule has 1 aliphatic heterocycles. The van der Waals surface area contributed by atoms with E-state index in [2.05, 4.69) is 14.9 Å². The van der Waals surface area contributed by atoms with E-state index in [1.54, 1.807) is 6.20 Å². The molecule has 5 nitrogen and oxygen atoms in total. The second-order valence-electron chi connectivity index (χ2n) is 3.94. The van der Waals surface area contributed by atoms with Gasteiger partial charge in [-0.15, -0.1) is 0 Å². The lowest BCUT2D eigenvalue weighted by Gasteiger charge is -2.28. The minimum Gasteiger partial charge on any atom is -0.397 e. The number of rotatable bonds is 1. The molecule has 0 aromatic carbocycles. The number of aromatic amines is 1. The predicted octanol–water partition coefficient (Wildman–Crippen LogP) is 0.982. The van der Waals surface area contributed by atoms with Crippen LogP contribution in [0.4, 0.5) is 11.4 Å². The van der Waals surface area contributed by atoms with Gasteiger partial charge in [0, 0.05) is 24.7 Å². The lowest BCUT2D eigenvalue weighted by Crippen LogP contribution is -2.36. The van der Waals surface area contributed by atoms with Gasteiger partial charge in [0.15, 0.2) is 0 Å². The molecule has 1 fully saturated rings. The van der Waals surface area contributed by atoms with Gasteiger partial charge in [-0.3, -0.25) is 0 Å². The summed E-state index contributed by atoms with van der Waals surface area (Å²) >= 11 is 0. The molecule has 2 aromatic heterocycles. The number of nitrogens with two attached hydrogens (primary N) is 1. The molecule has 0 amide bonds. The SMILES string of the molecule is Nc1cnc2[nH]cc(N3CCOCC3)c2c1. The topological polar surface area (TPSA) is 67.2 Å². The van der Waals surface area contributed by atoms with Crippen molar-refractivity contribution in [1.82, 2.24) is 9.97 Å². The van der Waals surface area contributed by atoms with Gasteiger partial charge in [-0.2, -0.15) is 0 Å². The second-order valence-corrected chi connectivity index (χ2v) is 3.94. The molecule has 0 unspecified atom stereocenters. The maximum atomic E-state index is 5.76. The fraction of sp³-hybridized carbons (Fsp3) is 0.364. The molecule has 0 bridgehead atoms. The molecule has 3 rings (SSSR count). The maximum absolute atomic E-state index is 5.76. The van der Waals surface area contributed by atoms with E-state index in [1.807, 2.05) is 12.3 Å². The van der Waals surface area contributed by atoms with Crippen molar-refractivity contribution in [3.63, 3.8) is 0 Å². The summed E-state index contributed by atoms with van der Waals surface area (Å²) in [6.07, 6.45) is 3.66. The molecule has 0 atom stereocenters. The number of nitrogen functional groups attached to an aromatic ring is 1. The zero-order chi connectivity index (χ0) is 11.0. The van der Waals surface area contributed by atoms with Crippen molar-refractivity contribution in [3.05, 3.63) is 18.5 Å². The molecule has 2 aromatic rings. The van der Waals surface area contributed by atoms with E-state index in [4.69, 9.17) is 10.5 Å². The van der Waals surface area contributed by atoms with E-state index in [-0.39, 0.29) is 0 Å². The highest BCUT2D eigenvalue weighted by Gasteiger charge is 2.15.